The van der Waals surface area contributed by atoms with E-state index in [1.165, 1.54) is 0 Å². The summed E-state index contributed by atoms with van der Waals surface area (Å²) in [6.07, 6.45) is 5.58. The molecule has 1 fully saturated rings. The number of aryl methyl sites for hydroxylation is 1. The molecule has 0 spiro atoms. The Kier molecular flexibility index (Phi) is 7.98. The Bertz CT molecular complexity index is 1810. The van der Waals surface area contributed by atoms with Gasteiger partial charge in [-0.15, -0.1) is 0 Å². The first-order valence-electron chi connectivity index (χ1n) is 14.0. The Hall–Kier alpha value is -4.54. The van der Waals surface area contributed by atoms with Gasteiger partial charge in [0.25, 0.3) is 0 Å². The average Bonchev–Trinajstić information content (AvgIpc) is 3.00. The number of nitrogens with one attached hydrogen (secondary N) is 3. The van der Waals surface area contributed by atoms with E-state index in [0.717, 1.165) is 47.8 Å². The van der Waals surface area contributed by atoms with E-state index in [-0.39, 0.29) is 11.8 Å². The molecule has 3 aromatic carbocycles. The van der Waals surface area contributed by atoms with Crippen LogP contribution >= 0.6 is 0 Å². The summed E-state index contributed by atoms with van der Waals surface area (Å²) in [4.78, 5) is 13.7. The van der Waals surface area contributed by atoms with E-state index in [1.54, 1.807) is 30.6 Å². The number of anilines is 2. The van der Waals surface area contributed by atoms with E-state index in [0.29, 0.717) is 34.5 Å². The van der Waals surface area contributed by atoms with Crippen molar-refractivity contribution >= 4 is 32.4 Å². The number of pyridine rings is 1. The number of nitrogens with zero attached hydrogens (tertiary/aromatic N) is 3. The second kappa shape index (κ2) is 12.1. The monoisotopic (exact) mass is 580 g/mol. The van der Waals surface area contributed by atoms with Crippen LogP contribution in [0, 0.1) is 6.92 Å². The topological polar surface area (TPSA) is 118 Å². The summed E-state index contributed by atoms with van der Waals surface area (Å²) in [6, 6.07) is 24.4. The maximum Gasteiger partial charge on any atom is 0.236 e. The van der Waals surface area contributed by atoms with Crippen molar-refractivity contribution in [3.05, 3.63) is 102 Å². The lowest BCUT2D eigenvalue weighted by Gasteiger charge is -2.23. The Balaban J connectivity index is 1.31. The largest absolute Gasteiger partial charge is 0.437 e. The normalized spacial score (nSPS) is 15.3. The van der Waals surface area contributed by atoms with E-state index in [9.17, 15) is 8.42 Å². The lowest BCUT2D eigenvalue weighted by molar-refractivity contribution is 0.466. The molecule has 1 saturated heterocycles. The van der Waals surface area contributed by atoms with E-state index in [1.807, 2.05) is 67.6 Å². The highest BCUT2D eigenvalue weighted by atomic mass is 32.2. The van der Waals surface area contributed by atoms with Crippen LogP contribution in [-0.4, -0.2) is 42.5 Å². The van der Waals surface area contributed by atoms with Crippen molar-refractivity contribution < 1.29 is 13.2 Å². The number of aromatic nitrogens is 3. The molecule has 3 heterocycles. The Morgan fingerprint density at radius 2 is 1.76 bits per heavy atom. The van der Waals surface area contributed by atoms with E-state index < -0.39 is 10.0 Å². The molecule has 1 unspecified atom stereocenters. The molecule has 9 nitrogen and oxygen atoms in total. The highest BCUT2D eigenvalue weighted by molar-refractivity contribution is 7.91. The Labute approximate surface area is 245 Å². The molecule has 0 aliphatic carbocycles. The van der Waals surface area contributed by atoms with Crippen molar-refractivity contribution in [3.63, 3.8) is 0 Å². The predicted molar refractivity (Wildman–Crippen MR) is 166 cm³/mol. The zero-order chi connectivity index (χ0) is 28.9. The first-order chi connectivity index (χ1) is 20.4. The van der Waals surface area contributed by atoms with Gasteiger partial charge in [0, 0.05) is 35.8 Å². The lowest BCUT2D eigenvalue weighted by atomic mass is 10.0. The predicted octanol–water partition coefficient (Wildman–Crippen LogP) is 5.90. The Morgan fingerprint density at radius 1 is 0.952 bits per heavy atom. The summed E-state index contributed by atoms with van der Waals surface area (Å²) in [5.41, 5.74) is 3.38. The molecule has 5 aromatic rings. The van der Waals surface area contributed by atoms with E-state index in [4.69, 9.17) is 9.72 Å². The second-order valence-corrected chi connectivity index (χ2v) is 12.1. The zero-order valence-corrected chi connectivity index (χ0v) is 24.1. The van der Waals surface area contributed by atoms with Crippen LogP contribution in [-0.2, 0) is 15.8 Å². The van der Waals surface area contributed by atoms with Crippen molar-refractivity contribution in [2.24, 2.45) is 0 Å². The molecular weight excluding hydrogens is 548 g/mol. The van der Waals surface area contributed by atoms with Gasteiger partial charge in [0.2, 0.25) is 21.9 Å². The summed E-state index contributed by atoms with van der Waals surface area (Å²) in [5, 5.41) is 8.32. The SMILES string of the molecule is Cc1cc(NS(=O)(=O)Cc2ccccc2)c2ccccc2c1Oc1ncccc1-c1ccnc(NC2CCCNC2)n1. The van der Waals surface area contributed by atoms with Crippen molar-refractivity contribution in [1.29, 1.82) is 0 Å². The van der Waals surface area contributed by atoms with Crippen LogP contribution < -0.4 is 20.1 Å². The number of piperidine rings is 1. The molecule has 1 aliphatic rings. The molecule has 2 aromatic heterocycles. The van der Waals surface area contributed by atoms with Gasteiger partial charge in [-0.1, -0.05) is 54.6 Å². The molecule has 10 heteroatoms. The van der Waals surface area contributed by atoms with Gasteiger partial charge in [0.05, 0.1) is 22.7 Å². The van der Waals surface area contributed by atoms with Crippen LogP contribution in [0.2, 0.25) is 0 Å². The van der Waals surface area contributed by atoms with Crippen LogP contribution in [0.15, 0.2) is 91.3 Å². The maximum absolute atomic E-state index is 13.1. The summed E-state index contributed by atoms with van der Waals surface area (Å²) in [6.45, 7) is 3.80. The summed E-state index contributed by atoms with van der Waals surface area (Å²) < 4.78 is 35.5. The molecule has 6 rings (SSSR count). The van der Waals surface area contributed by atoms with Crippen LogP contribution in [0.5, 0.6) is 11.6 Å². The first-order valence-corrected chi connectivity index (χ1v) is 15.6. The van der Waals surface area contributed by atoms with E-state index >= 15 is 0 Å². The first kappa shape index (κ1) is 27.6. The van der Waals surface area contributed by atoms with Crippen LogP contribution in [0.25, 0.3) is 22.0 Å². The molecule has 0 bridgehead atoms. The number of hydrogen-bond donors (Lipinski definition) is 3. The zero-order valence-electron chi connectivity index (χ0n) is 23.2. The van der Waals surface area contributed by atoms with Gasteiger partial charge in [-0.2, -0.15) is 0 Å². The van der Waals surface area contributed by atoms with Crippen molar-refractivity contribution in [2.75, 3.05) is 23.1 Å². The average molecular weight is 581 g/mol. The highest BCUT2D eigenvalue weighted by Crippen LogP contribution is 2.40. The fraction of sp³-hybridized carbons (Fsp3) is 0.219. The molecule has 1 aliphatic heterocycles. The molecule has 3 N–H and O–H groups in total. The number of fused-ring (bicyclic) bond motifs is 1. The molecule has 1 atom stereocenters. The minimum absolute atomic E-state index is 0.121. The molecule has 0 amide bonds. The van der Waals surface area contributed by atoms with Gasteiger partial charge < -0.3 is 15.4 Å². The Morgan fingerprint density at radius 3 is 2.57 bits per heavy atom. The molecule has 42 heavy (non-hydrogen) atoms. The van der Waals surface area contributed by atoms with E-state index in [2.05, 4.69) is 25.3 Å². The minimum Gasteiger partial charge on any atom is -0.437 e. The standard InChI is InChI=1S/C32H32N6O3S/c1-22-19-29(38-42(39,40)21-23-9-3-2-4-10-23)25-12-5-6-13-26(25)30(22)41-31-27(14-8-17-34-31)28-15-18-35-32(37-28)36-24-11-7-16-33-20-24/h2-6,8-10,12-15,17-19,24,33,38H,7,11,16,20-21H2,1H3,(H,35,36,37). The second-order valence-electron chi connectivity index (χ2n) is 10.4. The fourth-order valence-corrected chi connectivity index (χ4v) is 6.41. The molecule has 0 saturated carbocycles. The number of benzene rings is 3. The quantitative estimate of drug-likeness (QED) is 0.197. The molecular formula is C32H32N6O3S. The minimum atomic E-state index is -3.65. The summed E-state index contributed by atoms with van der Waals surface area (Å²) in [7, 11) is -3.65. The van der Waals surface area contributed by atoms with Gasteiger partial charge in [-0.05, 0) is 61.7 Å². The van der Waals surface area contributed by atoms with Crippen molar-refractivity contribution in [1.82, 2.24) is 20.3 Å². The fourth-order valence-electron chi connectivity index (χ4n) is 5.20. The van der Waals surface area contributed by atoms with Crippen LogP contribution in [0.1, 0.15) is 24.0 Å². The van der Waals surface area contributed by atoms with Gasteiger partial charge >= 0.3 is 0 Å². The lowest BCUT2D eigenvalue weighted by Crippen LogP contribution is -2.38. The van der Waals surface area contributed by atoms with Crippen molar-refractivity contribution in [2.45, 2.75) is 31.6 Å². The van der Waals surface area contributed by atoms with Gasteiger partial charge in [0.1, 0.15) is 5.75 Å². The van der Waals surface area contributed by atoms with Crippen molar-refractivity contribution in [3.8, 4) is 22.9 Å². The van der Waals surface area contributed by atoms with Crippen LogP contribution in [0.4, 0.5) is 11.6 Å². The third kappa shape index (κ3) is 6.35. The smallest absolute Gasteiger partial charge is 0.236 e. The number of rotatable bonds is 9. The molecule has 0 radical (unpaired) electrons. The molecule has 214 valence electrons. The van der Waals surface area contributed by atoms with Gasteiger partial charge in [-0.3, -0.25) is 4.72 Å². The number of hydrogen-bond acceptors (Lipinski definition) is 8. The summed E-state index contributed by atoms with van der Waals surface area (Å²) >= 11 is 0. The van der Waals surface area contributed by atoms with Gasteiger partial charge in [0.15, 0.2) is 0 Å². The third-order valence-electron chi connectivity index (χ3n) is 7.18. The van der Waals surface area contributed by atoms with Gasteiger partial charge in [-0.25, -0.2) is 23.4 Å². The van der Waals surface area contributed by atoms with Crippen LogP contribution in [0.3, 0.4) is 0 Å². The third-order valence-corrected chi connectivity index (χ3v) is 8.42. The number of ether oxygens (including phenoxy) is 1. The summed E-state index contributed by atoms with van der Waals surface area (Å²) in [5.74, 6) is 1.43. The highest BCUT2D eigenvalue weighted by Gasteiger charge is 2.20. The number of sulfonamides is 1. The maximum atomic E-state index is 13.1.